The fourth-order valence-electron chi connectivity index (χ4n) is 2.87. The molecule has 2 heterocycles. The molecular weight excluding hydrogens is 264 g/mol. The molecule has 0 saturated carbocycles. The first-order valence-electron chi connectivity index (χ1n) is 7.39. The maximum atomic E-state index is 5.76. The van der Waals surface area contributed by atoms with Crippen LogP contribution in [0.25, 0.3) is 0 Å². The Hall–Kier alpha value is -2.14. The van der Waals surface area contributed by atoms with Crippen LogP contribution in [0.3, 0.4) is 0 Å². The first-order chi connectivity index (χ1) is 10.4. The highest BCUT2D eigenvalue weighted by Gasteiger charge is 2.22. The van der Waals surface area contributed by atoms with Gasteiger partial charge >= 0.3 is 0 Å². The molecule has 0 unspecified atom stereocenters. The molecule has 0 bridgehead atoms. The number of rotatable bonds is 4. The third-order valence-electron chi connectivity index (χ3n) is 4.08. The van der Waals surface area contributed by atoms with Crippen LogP contribution in [0.1, 0.15) is 11.1 Å². The van der Waals surface area contributed by atoms with E-state index in [1.165, 1.54) is 11.1 Å². The fourth-order valence-corrected chi connectivity index (χ4v) is 2.87. The minimum atomic E-state index is 0.239. The van der Waals surface area contributed by atoms with Crippen LogP contribution in [0.15, 0.2) is 36.7 Å². The van der Waals surface area contributed by atoms with Gasteiger partial charge in [0.1, 0.15) is 18.2 Å². The topological polar surface area (TPSA) is 59.1 Å². The molecule has 2 aromatic rings. The number of hydrogen-bond acceptors (Lipinski definition) is 5. The van der Waals surface area contributed by atoms with Crippen LogP contribution in [0.4, 0.5) is 5.82 Å². The quantitative estimate of drug-likeness (QED) is 0.888. The van der Waals surface area contributed by atoms with Crippen LogP contribution >= 0.6 is 0 Å². The zero-order valence-electron chi connectivity index (χ0n) is 11.7. The Balaban J connectivity index is 1.42. The van der Waals surface area contributed by atoms with Gasteiger partial charge in [0.05, 0.1) is 0 Å². The van der Waals surface area contributed by atoms with Gasteiger partial charge in [0, 0.05) is 25.2 Å². The summed E-state index contributed by atoms with van der Waals surface area (Å²) in [5, 5.41) is 6.67. The normalized spacial score (nSPS) is 18.1. The lowest BCUT2D eigenvalue weighted by Crippen LogP contribution is -2.50. The van der Waals surface area contributed by atoms with Gasteiger partial charge in [-0.3, -0.25) is 0 Å². The lowest BCUT2D eigenvalue weighted by Gasteiger charge is -2.27. The van der Waals surface area contributed by atoms with Crippen LogP contribution in [-0.2, 0) is 12.8 Å². The first kappa shape index (κ1) is 12.6. The van der Waals surface area contributed by atoms with E-state index in [1.54, 1.807) is 6.33 Å². The van der Waals surface area contributed by atoms with E-state index in [4.69, 9.17) is 4.74 Å². The average Bonchev–Trinajstić information content (AvgIpc) is 2.85. The van der Waals surface area contributed by atoms with Crippen molar-refractivity contribution in [2.24, 2.45) is 0 Å². The van der Waals surface area contributed by atoms with E-state index in [2.05, 4.69) is 44.9 Å². The molecule has 2 N–H and O–H groups in total. The van der Waals surface area contributed by atoms with Crippen molar-refractivity contribution in [1.82, 2.24) is 15.3 Å². The SMILES string of the molecule is c1ccc2c(c1)CC(Nc1cc(OC3CNC3)ncn1)C2. The third kappa shape index (κ3) is 2.69. The van der Waals surface area contributed by atoms with Crippen molar-refractivity contribution >= 4 is 5.82 Å². The maximum Gasteiger partial charge on any atom is 0.218 e. The predicted octanol–water partition coefficient (Wildman–Crippen LogP) is 1.41. The highest BCUT2D eigenvalue weighted by molar-refractivity contribution is 5.42. The predicted molar refractivity (Wildman–Crippen MR) is 80.6 cm³/mol. The molecule has 1 aliphatic carbocycles. The molecule has 5 heteroatoms. The van der Waals surface area contributed by atoms with E-state index in [1.807, 2.05) is 6.07 Å². The number of nitrogens with zero attached hydrogens (tertiary/aromatic N) is 2. The Kier molecular flexibility index (Phi) is 3.20. The summed E-state index contributed by atoms with van der Waals surface area (Å²) >= 11 is 0. The van der Waals surface area contributed by atoms with E-state index < -0.39 is 0 Å². The van der Waals surface area contributed by atoms with Crippen molar-refractivity contribution in [2.75, 3.05) is 18.4 Å². The summed E-state index contributed by atoms with van der Waals surface area (Å²) in [6.07, 6.45) is 3.89. The Labute approximate surface area is 123 Å². The Bertz CT molecular complexity index is 617. The highest BCUT2D eigenvalue weighted by Crippen LogP contribution is 2.24. The summed E-state index contributed by atoms with van der Waals surface area (Å²) in [5.74, 6) is 1.49. The number of hydrogen-bond donors (Lipinski definition) is 2. The first-order valence-corrected chi connectivity index (χ1v) is 7.39. The average molecular weight is 282 g/mol. The third-order valence-corrected chi connectivity index (χ3v) is 4.08. The summed E-state index contributed by atoms with van der Waals surface area (Å²) in [4.78, 5) is 8.47. The van der Waals surface area contributed by atoms with Gasteiger partial charge in [0.2, 0.25) is 5.88 Å². The van der Waals surface area contributed by atoms with Gasteiger partial charge in [-0.1, -0.05) is 24.3 Å². The van der Waals surface area contributed by atoms with Crippen molar-refractivity contribution < 1.29 is 4.74 Å². The molecule has 0 atom stereocenters. The highest BCUT2D eigenvalue weighted by atomic mass is 16.5. The van der Waals surface area contributed by atoms with Gasteiger partial charge in [-0.05, 0) is 24.0 Å². The number of anilines is 1. The lowest BCUT2D eigenvalue weighted by molar-refractivity contribution is 0.136. The number of ether oxygens (including phenoxy) is 1. The molecule has 21 heavy (non-hydrogen) atoms. The molecule has 0 spiro atoms. The summed E-state index contributed by atoms with van der Waals surface area (Å²) in [6.45, 7) is 1.79. The van der Waals surface area contributed by atoms with Crippen LogP contribution in [0.2, 0.25) is 0 Å². The number of benzene rings is 1. The van der Waals surface area contributed by atoms with Crippen LogP contribution in [-0.4, -0.2) is 35.2 Å². The monoisotopic (exact) mass is 282 g/mol. The van der Waals surface area contributed by atoms with Gasteiger partial charge in [-0.15, -0.1) is 0 Å². The molecule has 0 amide bonds. The largest absolute Gasteiger partial charge is 0.472 e. The zero-order chi connectivity index (χ0) is 14.1. The standard InChI is InChI=1S/C16H18N4O/c1-2-4-12-6-13(5-11(12)3-1)20-15-7-16(19-10-18-15)21-14-8-17-9-14/h1-4,7,10,13-14,17H,5-6,8-9H2,(H,18,19,20). The summed E-state index contributed by atoms with van der Waals surface area (Å²) < 4.78 is 5.76. The van der Waals surface area contributed by atoms with Crippen molar-refractivity contribution in [3.05, 3.63) is 47.8 Å². The molecule has 2 aliphatic rings. The Morgan fingerprint density at radius 1 is 1.10 bits per heavy atom. The van der Waals surface area contributed by atoms with Crippen molar-refractivity contribution in [3.63, 3.8) is 0 Å². The van der Waals surface area contributed by atoms with Crippen LogP contribution < -0.4 is 15.4 Å². The molecule has 1 aromatic heterocycles. The molecule has 0 radical (unpaired) electrons. The van der Waals surface area contributed by atoms with Crippen LogP contribution in [0, 0.1) is 0 Å². The van der Waals surface area contributed by atoms with E-state index in [9.17, 15) is 0 Å². The van der Waals surface area contributed by atoms with E-state index in [-0.39, 0.29) is 6.10 Å². The van der Waals surface area contributed by atoms with Crippen LogP contribution in [0.5, 0.6) is 5.88 Å². The van der Waals surface area contributed by atoms with E-state index in [0.717, 1.165) is 31.7 Å². The zero-order valence-corrected chi connectivity index (χ0v) is 11.7. The minimum absolute atomic E-state index is 0.239. The van der Waals surface area contributed by atoms with Crippen molar-refractivity contribution in [1.29, 1.82) is 0 Å². The second-order valence-corrected chi connectivity index (χ2v) is 5.66. The molecule has 1 aliphatic heterocycles. The molecule has 108 valence electrons. The van der Waals surface area contributed by atoms with Gasteiger partial charge in [0.15, 0.2) is 0 Å². The second kappa shape index (κ2) is 5.33. The number of aromatic nitrogens is 2. The maximum absolute atomic E-state index is 5.76. The summed E-state index contributed by atoms with van der Waals surface area (Å²) in [5.41, 5.74) is 2.86. The van der Waals surface area contributed by atoms with E-state index in [0.29, 0.717) is 11.9 Å². The van der Waals surface area contributed by atoms with Crippen molar-refractivity contribution in [2.45, 2.75) is 25.0 Å². The smallest absolute Gasteiger partial charge is 0.218 e. The fraction of sp³-hybridized carbons (Fsp3) is 0.375. The molecule has 4 rings (SSSR count). The van der Waals surface area contributed by atoms with Gasteiger partial charge in [-0.25, -0.2) is 9.97 Å². The molecule has 1 saturated heterocycles. The van der Waals surface area contributed by atoms with Gasteiger partial charge < -0.3 is 15.4 Å². The minimum Gasteiger partial charge on any atom is -0.472 e. The Morgan fingerprint density at radius 2 is 1.86 bits per heavy atom. The Morgan fingerprint density at radius 3 is 2.52 bits per heavy atom. The number of fused-ring (bicyclic) bond motifs is 1. The van der Waals surface area contributed by atoms with Gasteiger partial charge in [-0.2, -0.15) is 0 Å². The molecular formula is C16H18N4O. The van der Waals surface area contributed by atoms with E-state index >= 15 is 0 Å². The second-order valence-electron chi connectivity index (χ2n) is 5.66. The number of nitrogens with one attached hydrogen (secondary N) is 2. The molecule has 1 fully saturated rings. The van der Waals surface area contributed by atoms with Crippen molar-refractivity contribution in [3.8, 4) is 5.88 Å². The lowest BCUT2D eigenvalue weighted by atomic mass is 10.1. The summed E-state index contributed by atoms with van der Waals surface area (Å²) in [7, 11) is 0. The molecule has 5 nitrogen and oxygen atoms in total. The summed E-state index contributed by atoms with van der Waals surface area (Å²) in [6, 6.07) is 10.9. The molecule has 1 aromatic carbocycles. The van der Waals surface area contributed by atoms with Gasteiger partial charge in [0.25, 0.3) is 0 Å².